The Morgan fingerprint density at radius 3 is 2.04 bits per heavy atom. The number of hydrogen-bond acceptors (Lipinski definition) is 5. The fourth-order valence-electron chi connectivity index (χ4n) is 5.04. The van der Waals surface area contributed by atoms with Crippen molar-refractivity contribution in [2.75, 3.05) is 14.2 Å². The van der Waals surface area contributed by atoms with Gasteiger partial charge in [0.15, 0.2) is 5.78 Å². The van der Waals surface area contributed by atoms with Gasteiger partial charge in [-0.25, -0.2) is 0 Å². The minimum Gasteiger partial charge on any atom is -0.469 e. The third kappa shape index (κ3) is 2.16. The third-order valence-corrected chi connectivity index (χ3v) is 5.91. The van der Waals surface area contributed by atoms with Crippen LogP contribution < -0.4 is 0 Å². The van der Waals surface area contributed by atoms with Gasteiger partial charge < -0.3 is 9.47 Å². The fraction of sp³-hybridized carbons (Fsp3) is 0.722. The largest absolute Gasteiger partial charge is 0.469 e. The molecule has 0 unspecified atom stereocenters. The molecule has 0 heterocycles. The lowest BCUT2D eigenvalue weighted by molar-refractivity contribution is -0.162. The number of rotatable bonds is 2. The molecule has 0 aromatic carbocycles. The maximum Gasteiger partial charge on any atom is 0.309 e. The molecule has 0 aromatic heterocycles. The van der Waals surface area contributed by atoms with E-state index in [-0.39, 0.29) is 40.8 Å². The van der Waals surface area contributed by atoms with Gasteiger partial charge in [0.2, 0.25) is 0 Å². The van der Waals surface area contributed by atoms with Crippen LogP contribution in [0.15, 0.2) is 11.6 Å². The summed E-state index contributed by atoms with van der Waals surface area (Å²) in [6.07, 6.45) is 2.77. The van der Waals surface area contributed by atoms with Crippen molar-refractivity contribution in [3.05, 3.63) is 11.6 Å². The van der Waals surface area contributed by atoms with Gasteiger partial charge >= 0.3 is 11.9 Å². The Hall–Kier alpha value is -1.65. The molecule has 2 saturated carbocycles. The van der Waals surface area contributed by atoms with Crippen LogP contribution in [0.5, 0.6) is 0 Å². The van der Waals surface area contributed by atoms with Crippen molar-refractivity contribution >= 4 is 17.7 Å². The quantitative estimate of drug-likeness (QED) is 0.728. The van der Waals surface area contributed by atoms with E-state index in [0.29, 0.717) is 6.42 Å². The normalized spacial score (nSPS) is 38.3. The Morgan fingerprint density at radius 1 is 1.04 bits per heavy atom. The van der Waals surface area contributed by atoms with Crippen LogP contribution in [-0.2, 0) is 23.9 Å². The Morgan fingerprint density at radius 2 is 1.57 bits per heavy atom. The molecule has 3 aliphatic carbocycles. The van der Waals surface area contributed by atoms with Crippen molar-refractivity contribution in [3.63, 3.8) is 0 Å². The van der Waals surface area contributed by atoms with Crippen LogP contribution in [-0.4, -0.2) is 31.9 Å². The number of ether oxygens (including phenoxy) is 2. The lowest BCUT2D eigenvalue weighted by atomic mass is 9.68. The molecule has 6 atom stereocenters. The van der Waals surface area contributed by atoms with E-state index in [1.807, 2.05) is 20.8 Å². The lowest BCUT2D eigenvalue weighted by Crippen LogP contribution is -2.43. The van der Waals surface area contributed by atoms with E-state index in [4.69, 9.17) is 9.47 Å². The maximum absolute atomic E-state index is 12.9. The van der Waals surface area contributed by atoms with Crippen molar-refractivity contribution < 1.29 is 23.9 Å². The monoisotopic (exact) mass is 320 g/mol. The Labute approximate surface area is 136 Å². The number of esters is 2. The predicted octanol–water partition coefficient (Wildman–Crippen LogP) is 2.00. The molecule has 0 spiro atoms. The average Bonchev–Trinajstić information content (AvgIpc) is 3.13. The molecule has 0 aromatic rings. The summed E-state index contributed by atoms with van der Waals surface area (Å²) in [6.45, 7) is 6.07. The molecule has 5 heteroatoms. The molecular formula is C18H24O5. The van der Waals surface area contributed by atoms with Gasteiger partial charge in [0.1, 0.15) is 0 Å². The van der Waals surface area contributed by atoms with E-state index in [9.17, 15) is 14.4 Å². The molecule has 3 aliphatic rings. The molecule has 0 amide bonds. The summed E-state index contributed by atoms with van der Waals surface area (Å²) in [4.78, 5) is 37.4. The molecule has 2 fully saturated rings. The summed E-state index contributed by atoms with van der Waals surface area (Å²) >= 11 is 0. The first-order chi connectivity index (χ1) is 10.7. The number of allylic oxidation sites excluding steroid dienone is 2. The summed E-state index contributed by atoms with van der Waals surface area (Å²) in [7, 11) is 2.67. The molecule has 0 aliphatic heterocycles. The van der Waals surface area contributed by atoms with Crippen molar-refractivity contribution in [1.29, 1.82) is 0 Å². The standard InChI is InChI=1S/C18H24O5/c1-18(2,3)11-7-9-8-6-10(12(9)15(11)19)14(17(21)23-5)13(8)16(20)22-4/h7-10,12-14H,6H2,1-5H3/t8-,9+,10+,12+,13+,14-/m1/s1. The molecule has 0 N–H and O–H groups in total. The second-order valence-corrected chi connectivity index (χ2v) is 7.96. The number of fused-ring (bicyclic) bond motifs is 5. The number of ketones is 1. The second-order valence-electron chi connectivity index (χ2n) is 7.96. The molecule has 5 nitrogen and oxygen atoms in total. The SMILES string of the molecule is COC(=O)[C@@H]1[C@H]2C[C@H]([C@@H]3C=C(C(C)(C)C)C(=O)[C@@H]32)[C@@H]1C(=O)OC. The lowest BCUT2D eigenvalue weighted by Gasteiger charge is -2.34. The Kier molecular flexibility index (Phi) is 3.65. The van der Waals surface area contributed by atoms with Crippen LogP contribution in [0.25, 0.3) is 0 Å². The zero-order chi connectivity index (χ0) is 17.1. The van der Waals surface area contributed by atoms with Gasteiger partial charge in [-0.15, -0.1) is 0 Å². The van der Waals surface area contributed by atoms with E-state index in [1.54, 1.807) is 0 Å². The van der Waals surface area contributed by atoms with Crippen molar-refractivity contribution in [3.8, 4) is 0 Å². The number of hydrogen-bond donors (Lipinski definition) is 0. The summed E-state index contributed by atoms with van der Waals surface area (Å²) in [6, 6.07) is 0. The fourth-order valence-corrected chi connectivity index (χ4v) is 5.04. The molecule has 23 heavy (non-hydrogen) atoms. The summed E-state index contributed by atoms with van der Waals surface area (Å²) < 4.78 is 9.84. The average molecular weight is 320 g/mol. The van der Waals surface area contributed by atoms with E-state index >= 15 is 0 Å². The van der Waals surface area contributed by atoms with E-state index in [0.717, 1.165) is 5.57 Å². The molecule has 3 rings (SSSR count). The number of carbonyl (C=O) groups excluding carboxylic acids is 3. The van der Waals surface area contributed by atoms with Crippen molar-refractivity contribution in [2.45, 2.75) is 27.2 Å². The van der Waals surface area contributed by atoms with Crippen LogP contribution in [0.3, 0.4) is 0 Å². The van der Waals surface area contributed by atoms with Crippen LogP contribution in [0.2, 0.25) is 0 Å². The number of Topliss-reactive ketones (excluding diaryl/α,β-unsaturated/α-hetero) is 1. The highest BCUT2D eigenvalue weighted by atomic mass is 16.5. The van der Waals surface area contributed by atoms with Crippen LogP contribution >= 0.6 is 0 Å². The van der Waals surface area contributed by atoms with Gasteiger partial charge in [-0.3, -0.25) is 14.4 Å². The molecular weight excluding hydrogens is 296 g/mol. The van der Waals surface area contributed by atoms with Crippen molar-refractivity contribution in [2.24, 2.45) is 40.9 Å². The zero-order valence-corrected chi connectivity index (χ0v) is 14.3. The van der Waals surface area contributed by atoms with Crippen LogP contribution in [0.4, 0.5) is 0 Å². The molecule has 2 bridgehead atoms. The first-order valence-electron chi connectivity index (χ1n) is 8.14. The van der Waals surface area contributed by atoms with E-state index in [1.165, 1.54) is 14.2 Å². The number of carbonyl (C=O) groups is 3. The highest BCUT2D eigenvalue weighted by molar-refractivity contribution is 6.02. The summed E-state index contributed by atoms with van der Waals surface area (Å²) in [5.74, 6) is -1.94. The Bertz CT molecular complexity index is 597. The minimum atomic E-state index is -0.560. The third-order valence-electron chi connectivity index (χ3n) is 5.91. The Balaban J connectivity index is 2.00. The van der Waals surface area contributed by atoms with Gasteiger partial charge in [-0.1, -0.05) is 26.8 Å². The van der Waals surface area contributed by atoms with Gasteiger partial charge in [0, 0.05) is 5.92 Å². The van der Waals surface area contributed by atoms with Gasteiger partial charge in [0.05, 0.1) is 26.1 Å². The topological polar surface area (TPSA) is 69.7 Å². The first kappa shape index (κ1) is 16.2. The molecule has 0 radical (unpaired) electrons. The van der Waals surface area contributed by atoms with Gasteiger partial charge in [0.25, 0.3) is 0 Å². The predicted molar refractivity (Wildman–Crippen MR) is 82.1 cm³/mol. The van der Waals surface area contributed by atoms with E-state index in [2.05, 4.69) is 6.08 Å². The van der Waals surface area contributed by atoms with Crippen molar-refractivity contribution in [1.82, 2.24) is 0 Å². The van der Waals surface area contributed by atoms with Gasteiger partial charge in [-0.2, -0.15) is 0 Å². The maximum atomic E-state index is 12.9. The van der Waals surface area contributed by atoms with Gasteiger partial charge in [-0.05, 0) is 35.2 Å². The smallest absolute Gasteiger partial charge is 0.309 e. The summed E-state index contributed by atoms with van der Waals surface area (Å²) in [5, 5.41) is 0. The first-order valence-corrected chi connectivity index (χ1v) is 8.14. The molecule has 126 valence electrons. The van der Waals surface area contributed by atoms with Crippen LogP contribution in [0, 0.1) is 40.9 Å². The highest BCUT2D eigenvalue weighted by Crippen LogP contribution is 2.63. The zero-order valence-electron chi connectivity index (χ0n) is 14.3. The van der Waals surface area contributed by atoms with Crippen LogP contribution in [0.1, 0.15) is 27.2 Å². The van der Waals surface area contributed by atoms with E-state index < -0.39 is 17.8 Å². The highest BCUT2D eigenvalue weighted by Gasteiger charge is 2.66. The molecule has 0 saturated heterocycles. The summed E-state index contributed by atoms with van der Waals surface area (Å²) in [5.41, 5.74) is 0.610. The minimum absolute atomic E-state index is 0.00894. The second kappa shape index (κ2) is 5.18. The number of methoxy groups -OCH3 is 2.